The molecule has 0 aromatic heterocycles. The van der Waals surface area contributed by atoms with Crippen molar-refractivity contribution in [2.75, 3.05) is 0 Å². The maximum atomic E-state index is 12.9. The zero-order chi connectivity index (χ0) is 21.9. The van der Waals surface area contributed by atoms with Crippen LogP contribution in [0, 0.1) is 0 Å². The van der Waals surface area contributed by atoms with Crippen LogP contribution in [0.2, 0.25) is 5.02 Å². The minimum absolute atomic E-state index is 0.0910. The van der Waals surface area contributed by atoms with Crippen LogP contribution in [0.1, 0.15) is 18.4 Å². The lowest BCUT2D eigenvalue weighted by Crippen LogP contribution is -2.53. The van der Waals surface area contributed by atoms with Crippen molar-refractivity contribution in [2.24, 2.45) is 0 Å². The monoisotopic (exact) mass is 463 g/mol. The summed E-state index contributed by atoms with van der Waals surface area (Å²) in [6.07, 6.45) is 0. The zero-order valence-electron chi connectivity index (χ0n) is 15.9. The number of alkyl halides is 1. The zero-order valence-corrected chi connectivity index (χ0v) is 18.2. The molecule has 0 spiro atoms. The predicted molar refractivity (Wildman–Crippen MR) is 118 cm³/mol. The molecule has 0 radical (unpaired) electrons. The number of hydrogen-bond acceptors (Lipinski definition) is 3. The number of carbonyl (C=O) groups is 1. The van der Waals surface area contributed by atoms with E-state index in [-0.39, 0.29) is 4.90 Å². The summed E-state index contributed by atoms with van der Waals surface area (Å²) in [6, 6.07) is 21.8. The van der Waals surface area contributed by atoms with Gasteiger partial charge in [-0.3, -0.25) is 0 Å². The van der Waals surface area contributed by atoms with Crippen LogP contribution in [0.25, 0.3) is 11.1 Å². The summed E-state index contributed by atoms with van der Waals surface area (Å²) in [4.78, 5) is 9.60. The van der Waals surface area contributed by atoms with Gasteiger partial charge in [-0.2, -0.15) is 4.72 Å². The number of nitrogens with one attached hydrogen (secondary N) is 1. The fourth-order valence-electron chi connectivity index (χ4n) is 3.01. The van der Waals surface area contributed by atoms with Crippen LogP contribution >= 0.6 is 23.2 Å². The summed E-state index contributed by atoms with van der Waals surface area (Å²) in [5, 5.41) is 10.3. The Morgan fingerprint density at radius 2 is 1.43 bits per heavy atom. The first kappa shape index (κ1) is 22.3. The Bertz CT molecular complexity index is 1130. The van der Waals surface area contributed by atoms with E-state index in [1.807, 2.05) is 12.1 Å². The highest BCUT2D eigenvalue weighted by atomic mass is 35.5. The fraction of sp³-hybridized carbons (Fsp3) is 0.136. The molecule has 0 aliphatic carbocycles. The van der Waals surface area contributed by atoms with Crippen molar-refractivity contribution < 1.29 is 18.3 Å². The van der Waals surface area contributed by atoms with E-state index in [1.54, 1.807) is 61.5 Å². The van der Waals surface area contributed by atoms with Gasteiger partial charge < -0.3 is 5.11 Å². The number of carboxylic acid groups (broad SMARTS) is 1. The molecule has 3 aromatic carbocycles. The minimum atomic E-state index is -4.21. The number of benzene rings is 3. The molecule has 30 heavy (non-hydrogen) atoms. The van der Waals surface area contributed by atoms with E-state index < -0.39 is 26.9 Å². The summed E-state index contributed by atoms with van der Waals surface area (Å²) >= 11 is 12.2. The van der Waals surface area contributed by atoms with Crippen molar-refractivity contribution in [3.63, 3.8) is 0 Å². The smallest absolute Gasteiger partial charge is 0.341 e. The normalized spacial score (nSPS) is 14.6. The number of hydrogen-bond donors (Lipinski definition) is 2. The van der Waals surface area contributed by atoms with E-state index in [0.29, 0.717) is 10.6 Å². The van der Waals surface area contributed by atoms with Crippen LogP contribution in [-0.2, 0) is 14.8 Å². The quantitative estimate of drug-likeness (QED) is 0.376. The van der Waals surface area contributed by atoms with Gasteiger partial charge in [-0.15, -0.1) is 0 Å². The molecule has 0 aliphatic rings. The largest absolute Gasteiger partial charge is 0.479 e. The topological polar surface area (TPSA) is 83.5 Å². The summed E-state index contributed by atoms with van der Waals surface area (Å²) in [5.41, 5.74) is 2.25. The molecule has 0 aliphatic heterocycles. The first-order chi connectivity index (χ1) is 14.1. The lowest BCUT2D eigenvalue weighted by molar-refractivity contribution is -0.141. The highest BCUT2D eigenvalue weighted by Gasteiger charge is 2.46. The van der Waals surface area contributed by atoms with Crippen LogP contribution < -0.4 is 4.72 Å². The van der Waals surface area contributed by atoms with Crippen LogP contribution in [0.5, 0.6) is 0 Å². The molecule has 5 nitrogen and oxygen atoms in total. The highest BCUT2D eigenvalue weighted by Crippen LogP contribution is 2.34. The van der Waals surface area contributed by atoms with E-state index in [9.17, 15) is 18.3 Å². The first-order valence-electron chi connectivity index (χ1n) is 9.01. The molecule has 3 aromatic rings. The average Bonchev–Trinajstić information content (AvgIpc) is 2.74. The molecule has 0 amide bonds. The summed E-state index contributed by atoms with van der Waals surface area (Å²) in [5.74, 6) is -2.32. The number of halogens is 2. The van der Waals surface area contributed by atoms with Crippen LogP contribution in [0.3, 0.4) is 0 Å². The number of rotatable bonds is 7. The van der Waals surface area contributed by atoms with Crippen LogP contribution in [-0.4, -0.2) is 24.5 Å². The van der Waals surface area contributed by atoms with Gasteiger partial charge in [0.25, 0.3) is 0 Å². The Hall–Kier alpha value is -2.38. The van der Waals surface area contributed by atoms with Gasteiger partial charge in [0.15, 0.2) is 0 Å². The van der Waals surface area contributed by atoms with Crippen molar-refractivity contribution in [3.05, 3.63) is 89.4 Å². The Morgan fingerprint density at radius 1 is 0.933 bits per heavy atom. The van der Waals surface area contributed by atoms with Crippen molar-refractivity contribution in [1.82, 2.24) is 4.72 Å². The van der Waals surface area contributed by atoms with Gasteiger partial charge in [-0.25, -0.2) is 13.2 Å². The molecule has 0 saturated carbocycles. The summed E-state index contributed by atoms with van der Waals surface area (Å²) in [6.45, 7) is 1.56. The van der Waals surface area contributed by atoms with Crippen LogP contribution in [0.4, 0.5) is 0 Å². The molecule has 3 rings (SSSR count). The van der Waals surface area contributed by atoms with Crippen molar-refractivity contribution in [2.45, 2.75) is 22.7 Å². The number of carboxylic acids is 1. The Labute approximate surface area is 185 Å². The Balaban J connectivity index is 1.90. The second kappa shape index (κ2) is 8.78. The van der Waals surface area contributed by atoms with Gasteiger partial charge in [-0.05, 0) is 41.0 Å². The molecule has 8 heteroatoms. The maximum absolute atomic E-state index is 12.9. The third kappa shape index (κ3) is 4.68. The van der Waals surface area contributed by atoms with Gasteiger partial charge >= 0.3 is 5.97 Å². The average molecular weight is 464 g/mol. The van der Waals surface area contributed by atoms with E-state index in [2.05, 4.69) is 4.72 Å². The van der Waals surface area contributed by atoms with Gasteiger partial charge in [0, 0.05) is 10.9 Å². The van der Waals surface area contributed by atoms with E-state index in [0.717, 1.165) is 11.1 Å². The molecule has 0 fully saturated rings. The molecular weight excluding hydrogens is 445 g/mol. The Morgan fingerprint density at radius 3 is 1.93 bits per heavy atom. The third-order valence-electron chi connectivity index (χ3n) is 4.83. The van der Waals surface area contributed by atoms with Crippen molar-refractivity contribution >= 4 is 39.2 Å². The van der Waals surface area contributed by atoms with E-state index >= 15 is 0 Å². The fourth-order valence-corrected chi connectivity index (χ4v) is 4.84. The second-order valence-electron chi connectivity index (χ2n) is 6.79. The minimum Gasteiger partial charge on any atom is -0.479 e. The molecule has 2 atom stereocenters. The molecule has 0 bridgehead atoms. The maximum Gasteiger partial charge on any atom is 0.341 e. The van der Waals surface area contributed by atoms with Crippen molar-refractivity contribution in [3.8, 4) is 11.1 Å². The van der Waals surface area contributed by atoms with Crippen molar-refractivity contribution in [1.29, 1.82) is 0 Å². The van der Waals surface area contributed by atoms with Gasteiger partial charge in [-0.1, -0.05) is 84.7 Å². The lowest BCUT2D eigenvalue weighted by Gasteiger charge is -2.30. The molecule has 156 valence electrons. The van der Waals surface area contributed by atoms with E-state index in [4.69, 9.17) is 23.2 Å². The van der Waals surface area contributed by atoms with Crippen LogP contribution in [0.15, 0.2) is 83.8 Å². The van der Waals surface area contributed by atoms with Gasteiger partial charge in [0.05, 0.1) is 4.90 Å². The lowest BCUT2D eigenvalue weighted by atomic mass is 9.93. The Kier molecular flexibility index (Phi) is 6.53. The standard InChI is InChI=1S/C22H19Cl2NO4S/c1-15(16-5-3-2-4-6-16)22(24,21(26)27)25-30(28,29)20-13-9-18(10-14-20)17-7-11-19(23)12-8-17/h2-15,25H,1H3,(H,26,27)/t15-,22-/m1/s1. The van der Waals surface area contributed by atoms with Gasteiger partial charge in [0.2, 0.25) is 15.0 Å². The second-order valence-corrected chi connectivity index (χ2v) is 9.50. The highest BCUT2D eigenvalue weighted by molar-refractivity contribution is 7.89. The number of aliphatic carboxylic acids is 1. The summed E-state index contributed by atoms with van der Waals surface area (Å²) < 4.78 is 28.0. The molecule has 2 N–H and O–H groups in total. The molecule has 0 heterocycles. The SMILES string of the molecule is C[C@H](c1ccccc1)[C@@](Cl)(NS(=O)(=O)c1ccc(-c2ccc(Cl)cc2)cc1)C(=O)O. The third-order valence-corrected chi connectivity index (χ3v) is 7.26. The molecule has 0 unspecified atom stereocenters. The predicted octanol–water partition coefficient (Wildman–Crippen LogP) is 5.11. The molecule has 0 saturated heterocycles. The first-order valence-corrected chi connectivity index (χ1v) is 11.2. The van der Waals surface area contributed by atoms with E-state index in [1.165, 1.54) is 12.1 Å². The van der Waals surface area contributed by atoms with Gasteiger partial charge in [0.1, 0.15) is 0 Å². The number of sulfonamides is 1. The summed E-state index contributed by atoms with van der Waals surface area (Å²) in [7, 11) is -4.21. The molecular formula is C22H19Cl2NO4S.